The minimum Gasteiger partial charge on any atom is -0.489 e. The minimum atomic E-state index is -0.192. The van der Waals surface area contributed by atoms with Gasteiger partial charge in [-0.25, -0.2) is 4.79 Å². The molecule has 1 aromatic heterocycles. The zero-order valence-electron chi connectivity index (χ0n) is 15.9. The third-order valence-electron chi connectivity index (χ3n) is 5.85. The summed E-state index contributed by atoms with van der Waals surface area (Å²) in [6.45, 7) is 9.07. The van der Waals surface area contributed by atoms with E-state index in [1.807, 2.05) is 18.2 Å². The van der Waals surface area contributed by atoms with Crippen LogP contribution in [0.1, 0.15) is 45.4 Å². The molecular formula is C23H24O3. The van der Waals surface area contributed by atoms with Crippen LogP contribution in [0.3, 0.4) is 0 Å². The van der Waals surface area contributed by atoms with E-state index in [1.54, 1.807) is 0 Å². The Bertz CT molecular complexity index is 1050. The average molecular weight is 348 g/mol. The first-order valence-electron chi connectivity index (χ1n) is 9.23. The zero-order valence-corrected chi connectivity index (χ0v) is 15.9. The van der Waals surface area contributed by atoms with Gasteiger partial charge in [-0.05, 0) is 92.5 Å². The minimum absolute atomic E-state index is 0.192. The highest BCUT2D eigenvalue weighted by Crippen LogP contribution is 2.30. The number of benzene rings is 2. The largest absolute Gasteiger partial charge is 0.489 e. The Morgan fingerprint density at radius 3 is 2.38 bits per heavy atom. The molecule has 0 spiro atoms. The van der Waals surface area contributed by atoms with Crippen molar-refractivity contribution in [1.82, 2.24) is 0 Å². The molecule has 0 N–H and O–H groups in total. The van der Waals surface area contributed by atoms with Gasteiger partial charge in [0.15, 0.2) is 0 Å². The third-order valence-corrected chi connectivity index (χ3v) is 5.85. The maximum absolute atomic E-state index is 12.2. The van der Waals surface area contributed by atoms with Gasteiger partial charge in [0.1, 0.15) is 17.9 Å². The van der Waals surface area contributed by atoms with Gasteiger partial charge < -0.3 is 9.15 Å². The Balaban J connectivity index is 1.67. The molecule has 4 rings (SSSR count). The monoisotopic (exact) mass is 348 g/mol. The average Bonchev–Trinajstić information content (AvgIpc) is 3.10. The first-order chi connectivity index (χ1) is 12.5. The molecule has 3 aromatic rings. The topological polar surface area (TPSA) is 39.4 Å². The highest BCUT2D eigenvalue weighted by Gasteiger charge is 2.19. The van der Waals surface area contributed by atoms with Gasteiger partial charge in [0, 0.05) is 17.0 Å². The van der Waals surface area contributed by atoms with Crippen LogP contribution in [0.15, 0.2) is 33.5 Å². The molecule has 134 valence electrons. The van der Waals surface area contributed by atoms with Gasteiger partial charge in [0.2, 0.25) is 0 Å². The fourth-order valence-electron chi connectivity index (χ4n) is 4.02. The van der Waals surface area contributed by atoms with Crippen molar-refractivity contribution in [3.8, 4) is 5.75 Å². The fourth-order valence-corrected chi connectivity index (χ4v) is 4.02. The van der Waals surface area contributed by atoms with E-state index in [9.17, 15) is 4.79 Å². The first kappa shape index (κ1) is 16.9. The van der Waals surface area contributed by atoms with E-state index in [1.165, 1.54) is 27.8 Å². The summed E-state index contributed by atoms with van der Waals surface area (Å²) in [5, 5.41) is 1.04. The Morgan fingerprint density at radius 2 is 1.65 bits per heavy atom. The molecule has 2 aromatic carbocycles. The normalized spacial score (nSPS) is 13.2. The molecule has 0 atom stereocenters. The van der Waals surface area contributed by atoms with E-state index in [4.69, 9.17) is 9.15 Å². The van der Waals surface area contributed by atoms with Crippen molar-refractivity contribution in [2.45, 2.75) is 53.6 Å². The van der Waals surface area contributed by atoms with Gasteiger partial charge in [-0.15, -0.1) is 0 Å². The lowest BCUT2D eigenvalue weighted by atomic mass is 9.95. The summed E-state index contributed by atoms with van der Waals surface area (Å²) in [6, 6.07) is 8.08. The van der Waals surface area contributed by atoms with Crippen LogP contribution in [0, 0.1) is 27.7 Å². The second-order valence-corrected chi connectivity index (χ2v) is 7.39. The van der Waals surface area contributed by atoms with Crippen LogP contribution in [-0.4, -0.2) is 0 Å². The molecule has 1 aliphatic rings. The van der Waals surface area contributed by atoms with Crippen molar-refractivity contribution in [3.05, 3.63) is 73.6 Å². The van der Waals surface area contributed by atoms with E-state index in [2.05, 4.69) is 33.8 Å². The van der Waals surface area contributed by atoms with Gasteiger partial charge in [-0.1, -0.05) is 6.07 Å². The SMILES string of the molecule is Cc1cc(C)c(C)c(COc2ccc3c4c(c(=O)oc3c2)CCC4)c1C. The molecule has 0 radical (unpaired) electrons. The molecule has 0 amide bonds. The van der Waals surface area contributed by atoms with Gasteiger partial charge in [-0.2, -0.15) is 0 Å². The predicted molar refractivity (Wildman–Crippen MR) is 104 cm³/mol. The second kappa shape index (κ2) is 6.31. The highest BCUT2D eigenvalue weighted by atomic mass is 16.5. The quantitative estimate of drug-likeness (QED) is 0.619. The summed E-state index contributed by atoms with van der Waals surface area (Å²) in [5.74, 6) is 0.733. The number of hydrogen-bond acceptors (Lipinski definition) is 3. The highest BCUT2D eigenvalue weighted by molar-refractivity contribution is 5.83. The Morgan fingerprint density at radius 1 is 0.962 bits per heavy atom. The van der Waals surface area contributed by atoms with Crippen molar-refractivity contribution >= 4 is 11.0 Å². The molecule has 0 bridgehead atoms. The van der Waals surface area contributed by atoms with Crippen LogP contribution in [0.5, 0.6) is 5.75 Å². The first-order valence-corrected chi connectivity index (χ1v) is 9.23. The van der Waals surface area contributed by atoms with Crippen molar-refractivity contribution in [2.24, 2.45) is 0 Å². The van der Waals surface area contributed by atoms with Crippen molar-refractivity contribution < 1.29 is 9.15 Å². The maximum atomic E-state index is 12.2. The Hall–Kier alpha value is -2.55. The molecule has 0 unspecified atom stereocenters. The lowest BCUT2D eigenvalue weighted by Crippen LogP contribution is -2.07. The Labute approximate surface area is 153 Å². The molecule has 0 saturated heterocycles. The molecule has 1 aliphatic carbocycles. The van der Waals surface area contributed by atoms with Crippen molar-refractivity contribution in [3.63, 3.8) is 0 Å². The van der Waals surface area contributed by atoms with Crippen LogP contribution in [0.4, 0.5) is 0 Å². The number of ether oxygens (including phenoxy) is 1. The van der Waals surface area contributed by atoms with Gasteiger partial charge >= 0.3 is 5.63 Å². The molecule has 0 aliphatic heterocycles. The summed E-state index contributed by atoms with van der Waals surface area (Å²) in [6.07, 6.45) is 2.82. The number of aryl methyl sites for hydroxylation is 3. The van der Waals surface area contributed by atoms with E-state index in [0.29, 0.717) is 12.2 Å². The molecular weight excluding hydrogens is 324 g/mol. The summed E-state index contributed by atoms with van der Waals surface area (Å²) in [7, 11) is 0. The van der Waals surface area contributed by atoms with Crippen LogP contribution < -0.4 is 10.4 Å². The number of rotatable bonds is 3. The standard InChI is InChI=1S/C23H24O3/c1-13-10-14(2)16(4)21(15(13)3)12-25-17-8-9-19-18-6-5-7-20(18)23(24)26-22(19)11-17/h8-11H,5-7,12H2,1-4H3. The maximum Gasteiger partial charge on any atom is 0.339 e. The van der Waals surface area contributed by atoms with Gasteiger partial charge in [0.25, 0.3) is 0 Å². The smallest absolute Gasteiger partial charge is 0.339 e. The lowest BCUT2D eigenvalue weighted by molar-refractivity contribution is 0.304. The van der Waals surface area contributed by atoms with Crippen LogP contribution >= 0.6 is 0 Å². The van der Waals surface area contributed by atoms with Crippen LogP contribution in [-0.2, 0) is 19.4 Å². The van der Waals surface area contributed by atoms with Gasteiger partial charge in [-0.3, -0.25) is 0 Å². The summed E-state index contributed by atoms with van der Waals surface area (Å²) in [4.78, 5) is 12.2. The molecule has 3 nitrogen and oxygen atoms in total. The summed E-state index contributed by atoms with van der Waals surface area (Å²) < 4.78 is 11.6. The summed E-state index contributed by atoms with van der Waals surface area (Å²) >= 11 is 0. The molecule has 1 heterocycles. The lowest BCUT2D eigenvalue weighted by Gasteiger charge is -2.16. The van der Waals surface area contributed by atoms with E-state index in [0.717, 1.165) is 41.5 Å². The summed E-state index contributed by atoms with van der Waals surface area (Å²) in [5.41, 5.74) is 8.80. The number of hydrogen-bond donors (Lipinski definition) is 0. The Kier molecular flexibility index (Phi) is 4.10. The molecule has 3 heteroatoms. The number of fused-ring (bicyclic) bond motifs is 3. The van der Waals surface area contributed by atoms with E-state index in [-0.39, 0.29) is 5.63 Å². The predicted octanol–water partition coefficient (Wildman–Crippen LogP) is 5.09. The van der Waals surface area contributed by atoms with Crippen LogP contribution in [0.2, 0.25) is 0 Å². The second-order valence-electron chi connectivity index (χ2n) is 7.39. The fraction of sp³-hybridized carbons (Fsp3) is 0.348. The van der Waals surface area contributed by atoms with Crippen molar-refractivity contribution in [1.29, 1.82) is 0 Å². The van der Waals surface area contributed by atoms with E-state index < -0.39 is 0 Å². The molecule has 0 fully saturated rings. The van der Waals surface area contributed by atoms with Crippen LogP contribution in [0.25, 0.3) is 11.0 Å². The van der Waals surface area contributed by atoms with E-state index >= 15 is 0 Å². The van der Waals surface area contributed by atoms with Crippen molar-refractivity contribution in [2.75, 3.05) is 0 Å². The van der Waals surface area contributed by atoms with Gasteiger partial charge in [0.05, 0.1) is 0 Å². The molecule has 0 saturated carbocycles. The molecule has 26 heavy (non-hydrogen) atoms. The third kappa shape index (κ3) is 2.72. The zero-order chi connectivity index (χ0) is 18.4.